The van der Waals surface area contributed by atoms with Gasteiger partial charge in [0, 0.05) is 22.4 Å². The summed E-state index contributed by atoms with van der Waals surface area (Å²) in [6, 6.07) is 2.14. The summed E-state index contributed by atoms with van der Waals surface area (Å²) in [6.45, 7) is 4.67. The summed E-state index contributed by atoms with van der Waals surface area (Å²) in [6.07, 6.45) is 7.19. The number of fused-ring (bicyclic) bond motifs is 1. The van der Waals surface area contributed by atoms with Gasteiger partial charge in [0.15, 0.2) is 6.20 Å². The Hall–Kier alpha value is -0.330. The van der Waals surface area contributed by atoms with Gasteiger partial charge < -0.3 is 9.30 Å². The third-order valence-corrected chi connectivity index (χ3v) is 4.72. The second kappa shape index (κ2) is 5.58. The highest BCUT2D eigenvalue weighted by molar-refractivity contribution is 14.1. The molecule has 3 nitrogen and oxygen atoms in total. The highest BCUT2D eigenvalue weighted by atomic mass is 127. The minimum absolute atomic E-state index is 0.520. The second-order valence-electron chi connectivity index (χ2n) is 4.89. The van der Waals surface area contributed by atoms with Crippen LogP contribution in [0.1, 0.15) is 19.8 Å². The summed E-state index contributed by atoms with van der Waals surface area (Å²) in [5.74, 6) is 0. The molecule has 0 saturated heterocycles. The molecule has 5 heteroatoms. The van der Waals surface area contributed by atoms with Gasteiger partial charge in [-0.25, -0.2) is 0 Å². The Morgan fingerprint density at radius 1 is 1.53 bits per heavy atom. The fraction of sp³-hybridized carbons (Fsp3) is 0.500. The lowest BCUT2D eigenvalue weighted by molar-refractivity contribution is -0.690. The van der Waals surface area contributed by atoms with Gasteiger partial charge in [0.1, 0.15) is 6.54 Å². The fourth-order valence-corrected chi connectivity index (χ4v) is 3.67. The van der Waals surface area contributed by atoms with Crippen LogP contribution in [0.25, 0.3) is 10.9 Å². The van der Waals surface area contributed by atoms with E-state index < -0.39 is 0 Å². The van der Waals surface area contributed by atoms with Gasteiger partial charge >= 0.3 is 0 Å². The van der Waals surface area contributed by atoms with Crippen molar-refractivity contribution in [3.8, 4) is 0 Å². The van der Waals surface area contributed by atoms with Crippen LogP contribution in [0.4, 0.5) is 0 Å². The Morgan fingerprint density at radius 2 is 2.32 bits per heavy atom. The normalized spacial score (nSPS) is 15.3. The first-order chi connectivity index (χ1) is 9.20. The van der Waals surface area contributed by atoms with Gasteiger partial charge in [-0.1, -0.05) is 0 Å². The molecule has 0 radical (unpaired) electrons. The Labute approximate surface area is 131 Å². The third-order valence-electron chi connectivity index (χ3n) is 3.50. The zero-order chi connectivity index (χ0) is 13.4. The monoisotopic (exact) mass is 391 g/mol. The first-order valence-corrected chi connectivity index (χ1v) is 8.14. The van der Waals surface area contributed by atoms with Crippen molar-refractivity contribution in [2.24, 2.45) is 0 Å². The number of rotatable bonds is 5. The molecule has 1 aliphatic carbocycles. The van der Waals surface area contributed by atoms with E-state index in [2.05, 4.69) is 57.1 Å². The molecule has 0 bridgehead atoms. The lowest BCUT2D eigenvalue weighted by atomic mass is 10.3. The molecular formula is C14H17ClIN2O+. The highest BCUT2D eigenvalue weighted by Gasteiger charge is 2.22. The van der Waals surface area contributed by atoms with E-state index >= 15 is 0 Å². The third kappa shape index (κ3) is 2.76. The average Bonchev–Trinajstić information content (AvgIpc) is 3.15. The van der Waals surface area contributed by atoms with E-state index in [4.69, 9.17) is 16.3 Å². The smallest absolute Gasteiger partial charge is 0.285 e. The summed E-state index contributed by atoms with van der Waals surface area (Å²) >= 11 is 8.82. The molecule has 1 fully saturated rings. The van der Waals surface area contributed by atoms with Crippen molar-refractivity contribution in [1.82, 2.24) is 4.57 Å². The molecule has 3 rings (SSSR count). The van der Waals surface area contributed by atoms with E-state index in [9.17, 15) is 0 Å². The number of hydrogen-bond donors (Lipinski definition) is 0. The van der Waals surface area contributed by atoms with E-state index in [0.717, 1.165) is 30.2 Å². The zero-order valence-corrected chi connectivity index (χ0v) is 13.8. The quantitative estimate of drug-likeness (QED) is 0.434. The van der Waals surface area contributed by atoms with Crippen LogP contribution in [-0.4, -0.2) is 17.3 Å². The van der Waals surface area contributed by atoms with Crippen LogP contribution in [-0.2, 0) is 17.8 Å². The predicted molar refractivity (Wildman–Crippen MR) is 84.5 cm³/mol. The topological polar surface area (TPSA) is 18.0 Å². The lowest BCUT2D eigenvalue weighted by Crippen LogP contribution is -2.33. The van der Waals surface area contributed by atoms with Crippen molar-refractivity contribution in [2.75, 3.05) is 6.61 Å². The maximum absolute atomic E-state index is 6.47. The van der Waals surface area contributed by atoms with Crippen molar-refractivity contribution in [3.63, 3.8) is 0 Å². The molecule has 19 heavy (non-hydrogen) atoms. The van der Waals surface area contributed by atoms with Crippen molar-refractivity contribution < 1.29 is 9.30 Å². The van der Waals surface area contributed by atoms with Crippen molar-refractivity contribution in [2.45, 2.75) is 39.0 Å². The molecule has 1 aliphatic rings. The van der Waals surface area contributed by atoms with E-state index in [0.29, 0.717) is 6.10 Å². The molecule has 1 saturated carbocycles. The molecule has 2 aromatic rings. The first-order valence-electron chi connectivity index (χ1n) is 6.68. The average molecular weight is 392 g/mol. The Morgan fingerprint density at radius 3 is 3.00 bits per heavy atom. The zero-order valence-electron chi connectivity index (χ0n) is 10.9. The van der Waals surface area contributed by atoms with Crippen LogP contribution in [0.3, 0.4) is 0 Å². The number of halogens is 2. The minimum Gasteiger partial charge on any atom is -0.376 e. The Bertz CT molecular complexity index is 607. The van der Waals surface area contributed by atoms with E-state index in [1.54, 1.807) is 0 Å². The SMILES string of the molecule is CC[n+]1ccc2c(c(I)cn2CCOC2CC2)c1Cl. The van der Waals surface area contributed by atoms with Crippen molar-refractivity contribution >= 4 is 45.1 Å². The van der Waals surface area contributed by atoms with Gasteiger partial charge in [0.05, 0.1) is 23.6 Å². The van der Waals surface area contributed by atoms with Gasteiger partial charge in [0.2, 0.25) is 0 Å². The van der Waals surface area contributed by atoms with Crippen molar-refractivity contribution in [3.05, 3.63) is 27.2 Å². The number of hydrogen-bond acceptors (Lipinski definition) is 1. The fourth-order valence-electron chi connectivity index (χ4n) is 2.27. The molecule has 2 heterocycles. The summed E-state index contributed by atoms with van der Waals surface area (Å²) < 4.78 is 11.2. The molecule has 102 valence electrons. The van der Waals surface area contributed by atoms with Crippen LogP contribution in [0, 0.1) is 3.57 Å². The molecule has 0 aliphatic heterocycles. The molecule has 0 atom stereocenters. The standard InChI is InChI=1S/C14H17ClIN2O/c1-2-17-6-5-12-13(14(17)15)11(16)9-18(12)7-8-19-10-3-4-10/h5-6,9-10H,2-4,7-8H2,1H3/q+1. The van der Waals surface area contributed by atoms with Gasteiger partial charge in [0.25, 0.3) is 5.15 Å². The number of nitrogens with zero attached hydrogens (tertiary/aromatic N) is 2. The second-order valence-corrected chi connectivity index (χ2v) is 6.41. The summed E-state index contributed by atoms with van der Waals surface area (Å²) in [5.41, 5.74) is 1.19. The van der Waals surface area contributed by atoms with Crippen LogP contribution >= 0.6 is 34.2 Å². The maximum atomic E-state index is 6.47. The molecule has 0 amide bonds. The molecule has 0 spiro atoms. The molecule has 0 unspecified atom stereocenters. The van der Waals surface area contributed by atoms with Crippen LogP contribution < -0.4 is 4.57 Å². The van der Waals surface area contributed by atoms with Crippen LogP contribution in [0.15, 0.2) is 18.5 Å². The lowest BCUT2D eigenvalue weighted by Gasteiger charge is -2.05. The first kappa shape index (κ1) is 13.6. The van der Waals surface area contributed by atoms with Gasteiger partial charge in [-0.05, 0) is 54.0 Å². The number of aryl methyl sites for hydroxylation is 1. The molecule has 2 aromatic heterocycles. The summed E-state index contributed by atoms with van der Waals surface area (Å²) in [4.78, 5) is 0. The van der Waals surface area contributed by atoms with Crippen LogP contribution in [0.5, 0.6) is 0 Å². The maximum Gasteiger partial charge on any atom is 0.285 e. The van der Waals surface area contributed by atoms with E-state index in [1.165, 1.54) is 21.9 Å². The number of ether oxygens (including phenoxy) is 1. The van der Waals surface area contributed by atoms with Gasteiger partial charge in [-0.2, -0.15) is 4.57 Å². The largest absolute Gasteiger partial charge is 0.376 e. The molecule has 0 N–H and O–H groups in total. The van der Waals surface area contributed by atoms with Crippen molar-refractivity contribution in [1.29, 1.82) is 0 Å². The Kier molecular flexibility index (Phi) is 4.01. The van der Waals surface area contributed by atoms with Gasteiger partial charge in [-0.3, -0.25) is 0 Å². The number of pyridine rings is 1. The minimum atomic E-state index is 0.520. The van der Waals surface area contributed by atoms with Gasteiger partial charge in [-0.15, -0.1) is 0 Å². The Balaban J connectivity index is 1.90. The molecule has 0 aromatic carbocycles. The van der Waals surface area contributed by atoms with Crippen LogP contribution in [0.2, 0.25) is 5.15 Å². The predicted octanol–water partition coefficient (Wildman–Crippen LogP) is 3.39. The summed E-state index contributed by atoms with van der Waals surface area (Å²) in [5, 5.41) is 1.98. The number of aromatic nitrogens is 2. The van der Waals surface area contributed by atoms with E-state index in [-0.39, 0.29) is 0 Å². The summed E-state index contributed by atoms with van der Waals surface area (Å²) in [7, 11) is 0. The van der Waals surface area contributed by atoms with E-state index in [1.807, 2.05) is 0 Å². The highest BCUT2D eigenvalue weighted by Crippen LogP contribution is 2.28. The molecular weight excluding hydrogens is 375 g/mol.